The molecule has 0 saturated carbocycles. The van der Waals surface area contributed by atoms with Crippen molar-refractivity contribution < 1.29 is 14.3 Å². The molecule has 1 unspecified atom stereocenters. The van der Waals surface area contributed by atoms with Gasteiger partial charge in [-0.1, -0.05) is 17.7 Å². The molecule has 1 atom stereocenters. The van der Waals surface area contributed by atoms with Gasteiger partial charge in [-0.3, -0.25) is 9.59 Å². The quantitative estimate of drug-likeness (QED) is 0.833. The van der Waals surface area contributed by atoms with Gasteiger partial charge < -0.3 is 15.4 Å². The Balaban J connectivity index is 1.88. The summed E-state index contributed by atoms with van der Waals surface area (Å²) in [5.74, 6) is -0.443. The number of rotatable bonds is 3. The third-order valence-electron chi connectivity index (χ3n) is 2.72. The van der Waals surface area contributed by atoms with E-state index in [0.717, 1.165) is 11.3 Å². The van der Waals surface area contributed by atoms with Gasteiger partial charge in [0.25, 0.3) is 0 Å². The van der Waals surface area contributed by atoms with Crippen molar-refractivity contribution in [3.63, 3.8) is 0 Å². The Hall–Kier alpha value is -1.88. The first-order valence-electron chi connectivity index (χ1n) is 5.91. The lowest BCUT2D eigenvalue weighted by Gasteiger charge is -2.22. The van der Waals surface area contributed by atoms with Crippen LogP contribution in [0.2, 0.25) is 0 Å². The Kier molecular flexibility index (Phi) is 3.94. The van der Waals surface area contributed by atoms with Crippen molar-refractivity contribution in [2.75, 3.05) is 18.5 Å². The lowest BCUT2D eigenvalue weighted by atomic mass is 10.2. The SMILES string of the molecule is Cc1ccc(NC(=O)CC2OCCNC2=O)cc1. The van der Waals surface area contributed by atoms with Crippen molar-refractivity contribution in [2.24, 2.45) is 0 Å². The van der Waals surface area contributed by atoms with Crippen LogP contribution in [0.15, 0.2) is 24.3 Å². The topological polar surface area (TPSA) is 67.4 Å². The van der Waals surface area contributed by atoms with Crippen molar-refractivity contribution in [1.82, 2.24) is 5.32 Å². The van der Waals surface area contributed by atoms with E-state index in [1.807, 2.05) is 31.2 Å². The van der Waals surface area contributed by atoms with E-state index < -0.39 is 6.10 Å². The molecule has 2 rings (SSSR count). The summed E-state index contributed by atoms with van der Waals surface area (Å²) in [6, 6.07) is 7.49. The number of aryl methyl sites for hydroxylation is 1. The molecule has 0 aromatic heterocycles. The van der Waals surface area contributed by atoms with Crippen molar-refractivity contribution in [2.45, 2.75) is 19.4 Å². The van der Waals surface area contributed by atoms with Gasteiger partial charge in [0.05, 0.1) is 13.0 Å². The fourth-order valence-electron chi connectivity index (χ4n) is 1.73. The maximum absolute atomic E-state index is 11.7. The standard InChI is InChI=1S/C13H16N2O3/c1-9-2-4-10(5-3-9)15-12(16)8-11-13(17)14-6-7-18-11/h2-5,11H,6-8H2,1H3,(H,14,17)(H,15,16). The Bertz CT molecular complexity index is 442. The number of amides is 2. The molecule has 2 N–H and O–H groups in total. The van der Waals surface area contributed by atoms with Crippen LogP contribution in [-0.2, 0) is 14.3 Å². The van der Waals surface area contributed by atoms with E-state index in [1.54, 1.807) is 0 Å². The fraction of sp³-hybridized carbons (Fsp3) is 0.385. The minimum atomic E-state index is -0.677. The molecule has 1 heterocycles. The van der Waals surface area contributed by atoms with Gasteiger partial charge in [0.2, 0.25) is 11.8 Å². The zero-order valence-corrected chi connectivity index (χ0v) is 10.2. The van der Waals surface area contributed by atoms with Crippen LogP contribution in [0.3, 0.4) is 0 Å². The Morgan fingerprint density at radius 2 is 2.17 bits per heavy atom. The summed E-state index contributed by atoms with van der Waals surface area (Å²) in [5.41, 5.74) is 1.85. The van der Waals surface area contributed by atoms with Gasteiger partial charge in [-0.05, 0) is 19.1 Å². The van der Waals surface area contributed by atoms with Gasteiger partial charge >= 0.3 is 0 Å². The van der Waals surface area contributed by atoms with Gasteiger partial charge in [-0.15, -0.1) is 0 Å². The van der Waals surface area contributed by atoms with E-state index in [4.69, 9.17) is 4.74 Å². The minimum absolute atomic E-state index is 0.0414. The number of ether oxygens (including phenoxy) is 1. The van der Waals surface area contributed by atoms with E-state index in [-0.39, 0.29) is 18.2 Å². The monoisotopic (exact) mass is 248 g/mol. The molecule has 0 spiro atoms. The van der Waals surface area contributed by atoms with Crippen molar-refractivity contribution in [1.29, 1.82) is 0 Å². The number of carbonyl (C=O) groups is 2. The van der Waals surface area contributed by atoms with Crippen molar-refractivity contribution in [3.05, 3.63) is 29.8 Å². The summed E-state index contributed by atoms with van der Waals surface area (Å²) < 4.78 is 5.24. The van der Waals surface area contributed by atoms with E-state index in [9.17, 15) is 9.59 Å². The summed E-state index contributed by atoms with van der Waals surface area (Å²) in [6.45, 7) is 2.94. The second kappa shape index (κ2) is 5.64. The first-order valence-corrected chi connectivity index (χ1v) is 5.91. The molecule has 0 aliphatic carbocycles. The fourth-order valence-corrected chi connectivity index (χ4v) is 1.73. The number of hydrogen-bond donors (Lipinski definition) is 2. The molecule has 1 aliphatic rings. The predicted octanol–water partition coefficient (Wildman–Crippen LogP) is 0.839. The molecule has 5 heteroatoms. The van der Waals surface area contributed by atoms with Crippen LogP contribution in [-0.4, -0.2) is 31.1 Å². The number of nitrogens with one attached hydrogen (secondary N) is 2. The maximum Gasteiger partial charge on any atom is 0.249 e. The Morgan fingerprint density at radius 1 is 1.44 bits per heavy atom. The third-order valence-corrected chi connectivity index (χ3v) is 2.72. The third kappa shape index (κ3) is 3.30. The van der Waals surface area contributed by atoms with Crippen LogP contribution in [0.1, 0.15) is 12.0 Å². The van der Waals surface area contributed by atoms with Crippen LogP contribution in [0.5, 0.6) is 0 Å². The number of anilines is 1. The zero-order chi connectivity index (χ0) is 13.0. The van der Waals surface area contributed by atoms with Gasteiger partial charge in [-0.2, -0.15) is 0 Å². The molecule has 1 saturated heterocycles. The average Bonchev–Trinajstić information content (AvgIpc) is 2.35. The second-order valence-corrected chi connectivity index (χ2v) is 4.27. The molecular formula is C13H16N2O3. The molecule has 5 nitrogen and oxygen atoms in total. The minimum Gasteiger partial charge on any atom is -0.366 e. The highest BCUT2D eigenvalue weighted by molar-refractivity contribution is 5.95. The normalized spacial score (nSPS) is 19.2. The van der Waals surface area contributed by atoms with Crippen LogP contribution in [0.25, 0.3) is 0 Å². The van der Waals surface area contributed by atoms with Gasteiger partial charge in [0.15, 0.2) is 0 Å². The summed E-state index contributed by atoms with van der Waals surface area (Å²) in [5, 5.41) is 5.40. The van der Waals surface area contributed by atoms with Crippen LogP contribution in [0.4, 0.5) is 5.69 Å². The predicted molar refractivity (Wildman–Crippen MR) is 67.2 cm³/mol. The van der Waals surface area contributed by atoms with Gasteiger partial charge in [0, 0.05) is 12.2 Å². The van der Waals surface area contributed by atoms with E-state index >= 15 is 0 Å². The Morgan fingerprint density at radius 3 is 2.83 bits per heavy atom. The highest BCUT2D eigenvalue weighted by atomic mass is 16.5. The Labute approximate surface area is 106 Å². The first-order chi connectivity index (χ1) is 8.65. The first kappa shape index (κ1) is 12.6. The van der Waals surface area contributed by atoms with E-state index in [0.29, 0.717) is 13.2 Å². The summed E-state index contributed by atoms with van der Waals surface area (Å²) in [7, 11) is 0. The van der Waals surface area contributed by atoms with Crippen LogP contribution >= 0.6 is 0 Å². The smallest absolute Gasteiger partial charge is 0.249 e. The maximum atomic E-state index is 11.7. The number of carbonyl (C=O) groups excluding carboxylic acids is 2. The van der Waals surface area contributed by atoms with Crippen molar-refractivity contribution in [3.8, 4) is 0 Å². The molecule has 0 radical (unpaired) electrons. The highest BCUT2D eigenvalue weighted by Gasteiger charge is 2.25. The molecule has 96 valence electrons. The van der Waals surface area contributed by atoms with Crippen molar-refractivity contribution >= 4 is 17.5 Å². The molecule has 2 amide bonds. The van der Waals surface area contributed by atoms with E-state index in [2.05, 4.69) is 10.6 Å². The lowest BCUT2D eigenvalue weighted by molar-refractivity contribution is -0.141. The molecule has 1 aliphatic heterocycles. The molecule has 1 fully saturated rings. The van der Waals surface area contributed by atoms with Gasteiger partial charge in [0.1, 0.15) is 6.10 Å². The zero-order valence-electron chi connectivity index (χ0n) is 10.2. The highest BCUT2D eigenvalue weighted by Crippen LogP contribution is 2.10. The van der Waals surface area contributed by atoms with Crippen LogP contribution in [0, 0.1) is 6.92 Å². The summed E-state index contributed by atoms with van der Waals surface area (Å²) in [4.78, 5) is 23.2. The van der Waals surface area contributed by atoms with Gasteiger partial charge in [-0.25, -0.2) is 0 Å². The lowest BCUT2D eigenvalue weighted by Crippen LogP contribution is -2.45. The molecule has 1 aromatic rings. The molecule has 18 heavy (non-hydrogen) atoms. The molecular weight excluding hydrogens is 232 g/mol. The second-order valence-electron chi connectivity index (χ2n) is 4.27. The van der Waals surface area contributed by atoms with E-state index in [1.165, 1.54) is 0 Å². The molecule has 0 bridgehead atoms. The number of hydrogen-bond acceptors (Lipinski definition) is 3. The number of morpholine rings is 1. The summed E-state index contributed by atoms with van der Waals surface area (Å²) >= 11 is 0. The largest absolute Gasteiger partial charge is 0.366 e. The average molecular weight is 248 g/mol. The summed E-state index contributed by atoms with van der Waals surface area (Å²) in [6.07, 6.45) is -0.635. The molecule has 1 aromatic carbocycles. The van der Waals surface area contributed by atoms with Crippen LogP contribution < -0.4 is 10.6 Å². The number of benzene rings is 1.